The number of nitrogens with zero attached hydrogens (tertiary/aromatic N) is 1. The Balaban J connectivity index is 0.00000144. The number of nitrogens with two attached hydrogens (primary N) is 1. The van der Waals surface area contributed by atoms with Gasteiger partial charge in [0.15, 0.2) is 0 Å². The zero-order chi connectivity index (χ0) is 11.5. The molecule has 0 unspecified atom stereocenters. The summed E-state index contributed by atoms with van der Waals surface area (Å²) < 4.78 is 0. The number of hydrogen-bond acceptors (Lipinski definition) is 2. The van der Waals surface area contributed by atoms with E-state index in [0.29, 0.717) is 17.2 Å². The minimum absolute atomic E-state index is 0. The van der Waals surface area contributed by atoms with E-state index in [1.54, 1.807) is 17.0 Å². The third-order valence-electron chi connectivity index (χ3n) is 3.29. The van der Waals surface area contributed by atoms with Crippen LogP contribution in [0.3, 0.4) is 0 Å². The van der Waals surface area contributed by atoms with Gasteiger partial charge in [-0.25, -0.2) is 0 Å². The largest absolute Gasteiger partial charge is 0.398 e. The molecule has 1 aromatic carbocycles. The van der Waals surface area contributed by atoms with Crippen molar-refractivity contribution in [3.05, 3.63) is 29.8 Å². The zero-order valence-corrected chi connectivity index (χ0v) is 10.9. The quantitative estimate of drug-likeness (QED) is 0.843. The minimum Gasteiger partial charge on any atom is -0.398 e. The van der Waals surface area contributed by atoms with Gasteiger partial charge in [-0.1, -0.05) is 18.6 Å². The topological polar surface area (TPSA) is 46.3 Å². The second-order valence-electron chi connectivity index (χ2n) is 4.57. The number of rotatable bonds is 3. The van der Waals surface area contributed by atoms with Gasteiger partial charge in [-0.2, -0.15) is 0 Å². The molecule has 3 nitrogen and oxygen atoms in total. The fourth-order valence-corrected chi connectivity index (χ4v) is 2.04. The number of anilines is 1. The summed E-state index contributed by atoms with van der Waals surface area (Å²) in [6.07, 6.45) is 3.81. The highest BCUT2D eigenvalue weighted by atomic mass is 35.5. The maximum atomic E-state index is 12.1. The molecule has 94 valence electrons. The number of halogens is 1. The molecule has 1 saturated carbocycles. The lowest BCUT2D eigenvalue weighted by Gasteiger charge is -2.30. The molecule has 0 bridgehead atoms. The van der Waals surface area contributed by atoms with Crippen LogP contribution in [-0.2, 0) is 0 Å². The molecule has 1 fully saturated rings. The molecule has 1 aliphatic carbocycles. The fraction of sp³-hybridized carbons (Fsp3) is 0.462. The zero-order valence-electron chi connectivity index (χ0n) is 10.1. The molecule has 0 atom stereocenters. The summed E-state index contributed by atoms with van der Waals surface area (Å²) in [5.74, 6) is 0.726. The highest BCUT2D eigenvalue weighted by Crippen LogP contribution is 2.27. The number of amides is 1. The summed E-state index contributed by atoms with van der Waals surface area (Å²) in [6.45, 7) is 0.854. The average molecular weight is 255 g/mol. The second-order valence-corrected chi connectivity index (χ2v) is 4.57. The van der Waals surface area contributed by atoms with Crippen LogP contribution < -0.4 is 5.73 Å². The van der Waals surface area contributed by atoms with Crippen LogP contribution in [0, 0.1) is 5.92 Å². The molecule has 0 aliphatic heterocycles. The summed E-state index contributed by atoms with van der Waals surface area (Å²) in [6, 6.07) is 7.25. The number of hydrogen-bond donors (Lipinski definition) is 1. The molecule has 17 heavy (non-hydrogen) atoms. The van der Waals surface area contributed by atoms with Crippen LogP contribution in [0.1, 0.15) is 29.6 Å². The van der Waals surface area contributed by atoms with E-state index in [2.05, 4.69) is 0 Å². The number of carbonyl (C=O) groups excluding carboxylic acids is 1. The molecule has 0 radical (unpaired) electrons. The summed E-state index contributed by atoms with van der Waals surface area (Å²) in [7, 11) is 1.85. The average Bonchev–Trinajstić information content (AvgIpc) is 2.23. The van der Waals surface area contributed by atoms with Gasteiger partial charge in [0, 0.05) is 19.3 Å². The van der Waals surface area contributed by atoms with Crippen molar-refractivity contribution in [2.75, 3.05) is 19.3 Å². The maximum Gasteiger partial charge on any atom is 0.255 e. The summed E-state index contributed by atoms with van der Waals surface area (Å²) in [4.78, 5) is 13.9. The molecule has 0 heterocycles. The summed E-state index contributed by atoms with van der Waals surface area (Å²) in [5.41, 5.74) is 6.97. The van der Waals surface area contributed by atoms with E-state index in [1.807, 2.05) is 19.2 Å². The maximum absolute atomic E-state index is 12.1. The third kappa shape index (κ3) is 3.13. The van der Waals surface area contributed by atoms with Crippen LogP contribution >= 0.6 is 12.4 Å². The fourth-order valence-electron chi connectivity index (χ4n) is 2.04. The van der Waals surface area contributed by atoms with E-state index in [4.69, 9.17) is 5.73 Å². The molecular formula is C13H19ClN2O. The molecule has 1 aliphatic rings. The summed E-state index contributed by atoms with van der Waals surface area (Å²) in [5, 5.41) is 0. The van der Waals surface area contributed by atoms with Gasteiger partial charge < -0.3 is 10.6 Å². The first kappa shape index (κ1) is 13.8. The van der Waals surface area contributed by atoms with E-state index in [0.717, 1.165) is 6.54 Å². The molecule has 0 aromatic heterocycles. The van der Waals surface area contributed by atoms with Gasteiger partial charge in [0.2, 0.25) is 0 Å². The predicted octanol–water partition coefficient (Wildman–Crippen LogP) is 2.56. The highest BCUT2D eigenvalue weighted by molar-refractivity contribution is 5.98. The van der Waals surface area contributed by atoms with Crippen molar-refractivity contribution in [2.45, 2.75) is 19.3 Å². The lowest BCUT2D eigenvalue weighted by molar-refractivity contribution is 0.0746. The first-order valence-electron chi connectivity index (χ1n) is 5.78. The Morgan fingerprint density at radius 2 is 2.06 bits per heavy atom. The van der Waals surface area contributed by atoms with E-state index < -0.39 is 0 Å². The lowest BCUT2D eigenvalue weighted by Crippen LogP contribution is -2.34. The first-order valence-corrected chi connectivity index (χ1v) is 5.78. The van der Waals surface area contributed by atoms with Crippen molar-refractivity contribution in [1.29, 1.82) is 0 Å². The highest BCUT2D eigenvalue weighted by Gasteiger charge is 2.22. The van der Waals surface area contributed by atoms with Crippen molar-refractivity contribution in [3.8, 4) is 0 Å². The van der Waals surface area contributed by atoms with E-state index in [-0.39, 0.29) is 18.3 Å². The Bertz CT molecular complexity index is 391. The van der Waals surface area contributed by atoms with Crippen LogP contribution in [0.5, 0.6) is 0 Å². The van der Waals surface area contributed by atoms with Crippen molar-refractivity contribution >= 4 is 24.0 Å². The Hall–Kier alpha value is -1.22. The molecule has 1 amide bonds. The van der Waals surface area contributed by atoms with Gasteiger partial charge in [0.1, 0.15) is 0 Å². The molecule has 0 spiro atoms. The Kier molecular flexibility index (Phi) is 4.82. The predicted molar refractivity (Wildman–Crippen MR) is 72.4 cm³/mol. The standard InChI is InChI=1S/C13H18N2O.ClH/c1-15(9-10-5-4-6-10)13(16)11-7-2-3-8-12(11)14;/h2-3,7-8,10H,4-6,9,14H2,1H3;1H. The normalized spacial score (nSPS) is 14.6. The van der Waals surface area contributed by atoms with E-state index >= 15 is 0 Å². The van der Waals surface area contributed by atoms with E-state index in [1.165, 1.54) is 19.3 Å². The summed E-state index contributed by atoms with van der Waals surface area (Å²) >= 11 is 0. The first-order chi connectivity index (χ1) is 7.68. The van der Waals surface area contributed by atoms with Crippen molar-refractivity contribution in [3.63, 3.8) is 0 Å². The molecule has 0 saturated heterocycles. The third-order valence-corrected chi connectivity index (χ3v) is 3.29. The number of nitrogen functional groups attached to an aromatic ring is 1. The molecule has 2 rings (SSSR count). The van der Waals surface area contributed by atoms with E-state index in [9.17, 15) is 4.79 Å². The van der Waals surface area contributed by atoms with Crippen LogP contribution in [0.15, 0.2) is 24.3 Å². The molecular weight excluding hydrogens is 236 g/mol. The SMILES string of the molecule is CN(CC1CCC1)C(=O)c1ccccc1N.Cl. The smallest absolute Gasteiger partial charge is 0.255 e. The minimum atomic E-state index is 0. The van der Waals surface area contributed by atoms with Crippen LogP contribution in [0.2, 0.25) is 0 Å². The van der Waals surface area contributed by atoms with Crippen molar-refractivity contribution < 1.29 is 4.79 Å². The number of benzene rings is 1. The van der Waals surface area contributed by atoms with Crippen molar-refractivity contribution in [2.24, 2.45) is 5.92 Å². The number of carbonyl (C=O) groups is 1. The Labute approximate surface area is 108 Å². The van der Waals surface area contributed by atoms with Crippen molar-refractivity contribution in [1.82, 2.24) is 4.90 Å². The van der Waals surface area contributed by atoms with Gasteiger partial charge in [-0.15, -0.1) is 12.4 Å². The number of para-hydroxylation sites is 1. The van der Waals surface area contributed by atoms with Crippen LogP contribution in [0.25, 0.3) is 0 Å². The van der Waals surface area contributed by atoms with Gasteiger partial charge in [0.05, 0.1) is 5.56 Å². The van der Waals surface area contributed by atoms with Gasteiger partial charge in [0.25, 0.3) is 5.91 Å². The lowest BCUT2D eigenvalue weighted by atomic mass is 9.85. The Morgan fingerprint density at radius 1 is 1.41 bits per heavy atom. The van der Waals surface area contributed by atoms with Gasteiger partial charge in [-0.3, -0.25) is 4.79 Å². The molecule has 1 aromatic rings. The second kappa shape index (κ2) is 5.92. The van der Waals surface area contributed by atoms with Crippen LogP contribution in [0.4, 0.5) is 5.69 Å². The van der Waals surface area contributed by atoms with Crippen LogP contribution in [-0.4, -0.2) is 24.4 Å². The molecule has 2 N–H and O–H groups in total. The molecule has 4 heteroatoms. The van der Waals surface area contributed by atoms with Gasteiger partial charge >= 0.3 is 0 Å². The Morgan fingerprint density at radius 3 is 2.59 bits per heavy atom. The van der Waals surface area contributed by atoms with Gasteiger partial charge in [-0.05, 0) is 30.9 Å². The monoisotopic (exact) mass is 254 g/mol.